The topological polar surface area (TPSA) is 120 Å². The van der Waals surface area contributed by atoms with Crippen molar-refractivity contribution in [3.05, 3.63) is 35.5 Å². The van der Waals surface area contributed by atoms with E-state index in [1.54, 1.807) is 25.1 Å². The molecule has 1 aromatic heterocycles. The molecular weight excluding hydrogens is 246 g/mol. The third kappa shape index (κ3) is 3.21. The summed E-state index contributed by atoms with van der Waals surface area (Å²) in [5.41, 5.74) is 12.6. The molecule has 19 heavy (non-hydrogen) atoms. The van der Waals surface area contributed by atoms with Gasteiger partial charge in [-0.05, 0) is 18.2 Å². The molecule has 0 atom stereocenters. The number of carbonyl (C=O) groups is 1. The number of nitrogens with two attached hydrogens (primary N) is 2. The second kappa shape index (κ2) is 5.38. The third-order valence-electron chi connectivity index (χ3n) is 2.57. The van der Waals surface area contributed by atoms with Crippen LogP contribution in [-0.2, 0) is 6.42 Å². The van der Waals surface area contributed by atoms with Crippen molar-refractivity contribution >= 4 is 17.3 Å². The second-order valence-corrected chi connectivity index (χ2v) is 4.07. The summed E-state index contributed by atoms with van der Waals surface area (Å²) in [6.45, 7) is 2.35. The summed E-state index contributed by atoms with van der Waals surface area (Å²) >= 11 is 0. The quantitative estimate of drug-likeness (QED) is 0.682. The number of nitrogen functional groups attached to an aromatic ring is 1. The monoisotopic (exact) mass is 261 g/mol. The van der Waals surface area contributed by atoms with E-state index in [1.165, 1.54) is 0 Å². The number of nitrogens with one attached hydrogen (secondary N) is 1. The van der Waals surface area contributed by atoms with Gasteiger partial charge in [-0.25, -0.2) is 0 Å². The number of hydrogen-bond acceptors (Lipinski definition) is 6. The van der Waals surface area contributed by atoms with E-state index in [1.807, 2.05) is 0 Å². The molecule has 0 fully saturated rings. The molecule has 2 rings (SSSR count). The van der Waals surface area contributed by atoms with Crippen LogP contribution >= 0.6 is 0 Å². The minimum atomic E-state index is -0.500. The molecule has 0 aliphatic carbocycles. The van der Waals surface area contributed by atoms with E-state index in [2.05, 4.69) is 15.5 Å². The van der Waals surface area contributed by atoms with Gasteiger partial charge in [0, 0.05) is 25.5 Å². The lowest BCUT2D eigenvalue weighted by atomic mass is 10.1. The molecular formula is C12H15N5O2. The Morgan fingerprint density at radius 3 is 2.84 bits per heavy atom. The van der Waals surface area contributed by atoms with E-state index in [4.69, 9.17) is 16.0 Å². The minimum Gasteiger partial charge on any atom is -0.397 e. The molecule has 0 unspecified atom stereocenters. The Bertz CT molecular complexity index is 594. The SMILES string of the molecule is Cc1nc(CCNc2ccc(C(N)=O)cc2N)no1. The van der Waals surface area contributed by atoms with Crippen LogP contribution < -0.4 is 16.8 Å². The van der Waals surface area contributed by atoms with Gasteiger partial charge in [-0.3, -0.25) is 4.79 Å². The van der Waals surface area contributed by atoms with Gasteiger partial charge in [0.15, 0.2) is 5.82 Å². The molecule has 7 heteroatoms. The van der Waals surface area contributed by atoms with Crippen LogP contribution in [0.3, 0.4) is 0 Å². The normalized spacial score (nSPS) is 10.4. The Morgan fingerprint density at radius 2 is 2.26 bits per heavy atom. The van der Waals surface area contributed by atoms with Gasteiger partial charge >= 0.3 is 0 Å². The van der Waals surface area contributed by atoms with Crippen molar-refractivity contribution in [2.24, 2.45) is 5.73 Å². The van der Waals surface area contributed by atoms with Gasteiger partial charge in [0.2, 0.25) is 11.8 Å². The molecule has 0 aliphatic rings. The fraction of sp³-hybridized carbons (Fsp3) is 0.250. The fourth-order valence-corrected chi connectivity index (χ4v) is 1.63. The number of rotatable bonds is 5. The Balaban J connectivity index is 1.94. The molecule has 7 nitrogen and oxygen atoms in total. The van der Waals surface area contributed by atoms with Crippen LogP contribution in [0.1, 0.15) is 22.1 Å². The number of anilines is 2. The summed E-state index contributed by atoms with van der Waals surface area (Å²) in [7, 11) is 0. The number of nitrogens with zero attached hydrogens (tertiary/aromatic N) is 2. The molecule has 0 radical (unpaired) electrons. The van der Waals surface area contributed by atoms with E-state index >= 15 is 0 Å². The maximum atomic E-state index is 11.0. The lowest BCUT2D eigenvalue weighted by molar-refractivity contribution is 0.100. The number of primary amides is 1. The molecule has 0 saturated carbocycles. The van der Waals surface area contributed by atoms with Crippen molar-refractivity contribution in [3.8, 4) is 0 Å². The Hall–Kier alpha value is -2.57. The number of aryl methyl sites for hydroxylation is 1. The molecule has 0 bridgehead atoms. The van der Waals surface area contributed by atoms with Crippen molar-refractivity contribution in [2.45, 2.75) is 13.3 Å². The zero-order chi connectivity index (χ0) is 13.8. The first-order chi connectivity index (χ1) is 9.06. The Labute approximate surface area is 110 Å². The average molecular weight is 261 g/mol. The van der Waals surface area contributed by atoms with Crippen molar-refractivity contribution in [1.82, 2.24) is 10.1 Å². The molecule has 0 spiro atoms. The first-order valence-electron chi connectivity index (χ1n) is 5.78. The van der Waals surface area contributed by atoms with Crippen molar-refractivity contribution in [1.29, 1.82) is 0 Å². The predicted octanol–water partition coefficient (Wildman–Crippen LogP) is 0.714. The fourth-order valence-electron chi connectivity index (χ4n) is 1.63. The maximum absolute atomic E-state index is 11.0. The van der Waals surface area contributed by atoms with Crippen LogP contribution in [0, 0.1) is 6.92 Å². The van der Waals surface area contributed by atoms with Crippen LogP contribution in [0.4, 0.5) is 11.4 Å². The Morgan fingerprint density at radius 1 is 1.47 bits per heavy atom. The van der Waals surface area contributed by atoms with Crippen molar-refractivity contribution in [2.75, 3.05) is 17.6 Å². The third-order valence-corrected chi connectivity index (χ3v) is 2.57. The van der Waals surface area contributed by atoms with Gasteiger partial charge in [-0.2, -0.15) is 4.98 Å². The highest BCUT2D eigenvalue weighted by molar-refractivity contribution is 5.94. The lowest BCUT2D eigenvalue weighted by Crippen LogP contribution is -2.12. The van der Waals surface area contributed by atoms with Crippen LogP contribution in [0.25, 0.3) is 0 Å². The molecule has 0 saturated heterocycles. The highest BCUT2D eigenvalue weighted by atomic mass is 16.5. The summed E-state index contributed by atoms with van der Waals surface area (Å²) < 4.78 is 4.87. The van der Waals surface area contributed by atoms with Crippen LogP contribution in [0.15, 0.2) is 22.7 Å². The highest BCUT2D eigenvalue weighted by Crippen LogP contribution is 2.19. The molecule has 1 heterocycles. The maximum Gasteiger partial charge on any atom is 0.248 e. The number of benzene rings is 1. The van der Waals surface area contributed by atoms with Gasteiger partial charge in [0.25, 0.3) is 0 Å². The van der Waals surface area contributed by atoms with Gasteiger partial charge < -0.3 is 21.3 Å². The van der Waals surface area contributed by atoms with E-state index in [0.29, 0.717) is 35.9 Å². The molecule has 2 aromatic rings. The van der Waals surface area contributed by atoms with E-state index in [9.17, 15) is 4.79 Å². The Kier molecular flexibility index (Phi) is 3.65. The van der Waals surface area contributed by atoms with Crippen LogP contribution in [0.5, 0.6) is 0 Å². The number of carbonyl (C=O) groups excluding carboxylic acids is 1. The largest absolute Gasteiger partial charge is 0.397 e. The predicted molar refractivity (Wildman–Crippen MR) is 70.6 cm³/mol. The minimum absolute atomic E-state index is 0.386. The van der Waals surface area contributed by atoms with E-state index in [-0.39, 0.29) is 0 Å². The van der Waals surface area contributed by atoms with Crippen LogP contribution in [-0.4, -0.2) is 22.6 Å². The van der Waals surface area contributed by atoms with E-state index in [0.717, 1.165) is 5.69 Å². The van der Waals surface area contributed by atoms with Gasteiger partial charge in [-0.15, -0.1) is 0 Å². The standard InChI is InChI=1S/C12H15N5O2/c1-7-16-11(17-19-7)4-5-15-10-3-2-8(12(14)18)6-9(10)13/h2-3,6,15H,4-5,13H2,1H3,(H2,14,18). The zero-order valence-electron chi connectivity index (χ0n) is 10.5. The summed E-state index contributed by atoms with van der Waals surface area (Å²) in [4.78, 5) is 15.1. The number of amides is 1. The molecule has 1 amide bonds. The second-order valence-electron chi connectivity index (χ2n) is 4.07. The van der Waals surface area contributed by atoms with E-state index < -0.39 is 5.91 Å². The van der Waals surface area contributed by atoms with Gasteiger partial charge in [-0.1, -0.05) is 5.16 Å². The summed E-state index contributed by atoms with van der Waals surface area (Å²) in [5.74, 6) is 0.679. The first-order valence-corrected chi connectivity index (χ1v) is 5.78. The number of aromatic nitrogens is 2. The van der Waals surface area contributed by atoms with Crippen LogP contribution in [0.2, 0.25) is 0 Å². The lowest BCUT2D eigenvalue weighted by Gasteiger charge is -2.09. The van der Waals surface area contributed by atoms with Crippen molar-refractivity contribution in [3.63, 3.8) is 0 Å². The van der Waals surface area contributed by atoms with Crippen molar-refractivity contribution < 1.29 is 9.32 Å². The molecule has 1 aromatic carbocycles. The number of hydrogen-bond donors (Lipinski definition) is 3. The molecule has 100 valence electrons. The smallest absolute Gasteiger partial charge is 0.248 e. The molecule has 5 N–H and O–H groups in total. The summed E-state index contributed by atoms with van der Waals surface area (Å²) in [6.07, 6.45) is 0.619. The molecule has 0 aliphatic heterocycles. The van der Waals surface area contributed by atoms with Gasteiger partial charge in [0.05, 0.1) is 11.4 Å². The summed E-state index contributed by atoms with van der Waals surface area (Å²) in [6, 6.07) is 4.89. The van der Waals surface area contributed by atoms with Gasteiger partial charge in [0.1, 0.15) is 0 Å². The summed E-state index contributed by atoms with van der Waals surface area (Å²) in [5, 5.41) is 6.93. The zero-order valence-corrected chi connectivity index (χ0v) is 10.5. The highest BCUT2D eigenvalue weighted by Gasteiger charge is 2.05. The average Bonchev–Trinajstić information content (AvgIpc) is 2.77. The first kappa shape index (κ1) is 12.9.